The highest BCUT2D eigenvalue weighted by molar-refractivity contribution is 7.51. The summed E-state index contributed by atoms with van der Waals surface area (Å²) in [7, 11) is -3.94. The van der Waals surface area contributed by atoms with Crippen LogP contribution in [0.5, 0.6) is 0 Å². The second-order valence-electron chi connectivity index (χ2n) is 4.16. The molecule has 0 bridgehead atoms. The highest BCUT2D eigenvalue weighted by atomic mass is 31.2. The fourth-order valence-corrected chi connectivity index (χ4v) is 2.99. The van der Waals surface area contributed by atoms with Gasteiger partial charge >= 0.3 is 7.60 Å². The Morgan fingerprint density at radius 3 is 2.40 bits per heavy atom. The molecule has 0 radical (unpaired) electrons. The molecule has 0 spiro atoms. The molecule has 1 aliphatic carbocycles. The van der Waals surface area contributed by atoms with Crippen LogP contribution in [0.4, 0.5) is 0 Å². The van der Waals surface area contributed by atoms with Gasteiger partial charge in [0.05, 0.1) is 0 Å². The molecular weight excluding hydrogens is 213 g/mol. The van der Waals surface area contributed by atoms with E-state index in [4.69, 9.17) is 9.79 Å². The standard InChI is InChI=1S/C10H20NO3P/c1-2-8-11(9-15(12,13)14)10-6-4-3-5-7-10/h2,10H,1,3-9H2,(H2,12,13,14). The van der Waals surface area contributed by atoms with E-state index in [1.165, 1.54) is 19.3 Å². The zero-order valence-electron chi connectivity index (χ0n) is 9.01. The molecule has 88 valence electrons. The van der Waals surface area contributed by atoms with Gasteiger partial charge in [0.2, 0.25) is 0 Å². The Labute approximate surface area is 91.1 Å². The third-order valence-corrected chi connectivity index (χ3v) is 3.55. The van der Waals surface area contributed by atoms with Crippen molar-refractivity contribution in [3.63, 3.8) is 0 Å². The summed E-state index contributed by atoms with van der Waals surface area (Å²) >= 11 is 0. The van der Waals surface area contributed by atoms with Gasteiger partial charge in [0.15, 0.2) is 0 Å². The smallest absolute Gasteiger partial charge is 0.324 e. The molecule has 5 heteroatoms. The van der Waals surface area contributed by atoms with Gasteiger partial charge < -0.3 is 9.79 Å². The summed E-state index contributed by atoms with van der Waals surface area (Å²) in [5.74, 6) is 0. The molecule has 0 aliphatic heterocycles. The van der Waals surface area contributed by atoms with E-state index in [1.807, 2.05) is 4.90 Å². The fourth-order valence-electron chi connectivity index (χ4n) is 2.17. The Kier molecular flexibility index (Phi) is 5.00. The zero-order chi connectivity index (χ0) is 11.3. The molecule has 1 saturated carbocycles. The van der Waals surface area contributed by atoms with Gasteiger partial charge in [-0.3, -0.25) is 9.46 Å². The van der Waals surface area contributed by atoms with E-state index in [0.717, 1.165) is 12.8 Å². The molecule has 0 aromatic rings. The third-order valence-electron chi connectivity index (χ3n) is 2.82. The lowest BCUT2D eigenvalue weighted by Gasteiger charge is -2.33. The molecule has 0 heterocycles. The number of nitrogens with zero attached hydrogens (tertiary/aromatic N) is 1. The summed E-state index contributed by atoms with van der Waals surface area (Å²) < 4.78 is 11.0. The summed E-state index contributed by atoms with van der Waals surface area (Å²) in [6, 6.07) is 0.323. The Hall–Kier alpha value is -0.150. The van der Waals surface area contributed by atoms with E-state index >= 15 is 0 Å². The van der Waals surface area contributed by atoms with Crippen LogP contribution in [-0.4, -0.2) is 33.6 Å². The van der Waals surface area contributed by atoms with Gasteiger partial charge in [-0.25, -0.2) is 0 Å². The van der Waals surface area contributed by atoms with Crippen molar-refractivity contribution in [3.8, 4) is 0 Å². The van der Waals surface area contributed by atoms with Gasteiger partial charge in [0.25, 0.3) is 0 Å². The van der Waals surface area contributed by atoms with Gasteiger partial charge in [-0.15, -0.1) is 6.58 Å². The van der Waals surface area contributed by atoms with Crippen LogP contribution in [0.3, 0.4) is 0 Å². The molecule has 1 rings (SSSR count). The van der Waals surface area contributed by atoms with E-state index in [2.05, 4.69) is 6.58 Å². The minimum atomic E-state index is -3.94. The van der Waals surface area contributed by atoms with E-state index in [9.17, 15) is 4.57 Å². The predicted octanol–water partition coefficient (Wildman–Crippen LogP) is 1.94. The predicted molar refractivity (Wildman–Crippen MR) is 60.7 cm³/mol. The topological polar surface area (TPSA) is 60.8 Å². The maximum atomic E-state index is 11.0. The van der Waals surface area contributed by atoms with E-state index < -0.39 is 7.60 Å². The van der Waals surface area contributed by atoms with Crippen molar-refractivity contribution in [1.29, 1.82) is 0 Å². The van der Waals surface area contributed by atoms with Crippen LogP contribution in [0.15, 0.2) is 12.7 Å². The van der Waals surface area contributed by atoms with Crippen LogP contribution in [0.1, 0.15) is 32.1 Å². The highest BCUT2D eigenvalue weighted by Gasteiger charge is 2.26. The first kappa shape index (κ1) is 12.9. The molecule has 0 aromatic carbocycles. The van der Waals surface area contributed by atoms with Crippen LogP contribution in [0, 0.1) is 0 Å². The van der Waals surface area contributed by atoms with Crippen molar-refractivity contribution < 1.29 is 14.4 Å². The minimum Gasteiger partial charge on any atom is -0.324 e. The second kappa shape index (κ2) is 5.80. The quantitative estimate of drug-likeness (QED) is 0.562. The van der Waals surface area contributed by atoms with Gasteiger partial charge in [0.1, 0.15) is 6.29 Å². The summed E-state index contributed by atoms with van der Waals surface area (Å²) in [5.41, 5.74) is 0. The van der Waals surface area contributed by atoms with Crippen LogP contribution in [0.2, 0.25) is 0 Å². The molecule has 0 unspecified atom stereocenters. The average molecular weight is 233 g/mol. The number of rotatable bonds is 5. The van der Waals surface area contributed by atoms with Crippen LogP contribution in [-0.2, 0) is 4.57 Å². The summed E-state index contributed by atoms with van der Waals surface area (Å²) in [6.07, 6.45) is 7.25. The Bertz CT molecular complexity index is 245. The fraction of sp³-hybridized carbons (Fsp3) is 0.800. The maximum Gasteiger partial charge on any atom is 0.339 e. The molecule has 0 atom stereocenters. The van der Waals surface area contributed by atoms with Crippen molar-refractivity contribution >= 4 is 7.60 Å². The largest absolute Gasteiger partial charge is 0.339 e. The van der Waals surface area contributed by atoms with Crippen LogP contribution in [0.25, 0.3) is 0 Å². The van der Waals surface area contributed by atoms with Crippen molar-refractivity contribution in [3.05, 3.63) is 12.7 Å². The molecule has 0 saturated heterocycles. The summed E-state index contributed by atoms with van der Waals surface area (Å²) in [6.45, 7) is 4.20. The Morgan fingerprint density at radius 2 is 1.93 bits per heavy atom. The Balaban J connectivity index is 2.55. The van der Waals surface area contributed by atoms with Crippen LogP contribution < -0.4 is 0 Å². The normalized spacial score (nSPS) is 19.4. The van der Waals surface area contributed by atoms with Gasteiger partial charge in [-0.2, -0.15) is 0 Å². The number of hydrogen-bond acceptors (Lipinski definition) is 2. The second-order valence-corrected chi connectivity index (χ2v) is 5.77. The highest BCUT2D eigenvalue weighted by Crippen LogP contribution is 2.37. The minimum absolute atomic E-state index is 0.135. The lowest BCUT2D eigenvalue weighted by atomic mass is 9.94. The maximum absolute atomic E-state index is 11.0. The van der Waals surface area contributed by atoms with Gasteiger partial charge in [-0.1, -0.05) is 25.3 Å². The van der Waals surface area contributed by atoms with Crippen molar-refractivity contribution in [2.75, 3.05) is 12.8 Å². The van der Waals surface area contributed by atoms with E-state index in [0.29, 0.717) is 12.6 Å². The lowest BCUT2D eigenvalue weighted by Crippen LogP contribution is -2.37. The van der Waals surface area contributed by atoms with Crippen molar-refractivity contribution in [2.45, 2.75) is 38.1 Å². The SMILES string of the molecule is C=CCN(CP(=O)(O)O)C1CCCCC1. The molecule has 0 amide bonds. The molecule has 4 nitrogen and oxygen atoms in total. The van der Waals surface area contributed by atoms with Gasteiger partial charge in [-0.05, 0) is 12.8 Å². The molecule has 2 N–H and O–H groups in total. The van der Waals surface area contributed by atoms with Gasteiger partial charge in [0, 0.05) is 12.6 Å². The monoisotopic (exact) mass is 233 g/mol. The third kappa shape index (κ3) is 4.94. The lowest BCUT2D eigenvalue weighted by molar-refractivity contribution is 0.184. The average Bonchev–Trinajstić information content (AvgIpc) is 2.17. The van der Waals surface area contributed by atoms with E-state index in [-0.39, 0.29) is 6.29 Å². The first-order valence-electron chi connectivity index (χ1n) is 5.42. The summed E-state index contributed by atoms with van der Waals surface area (Å²) in [5, 5.41) is 0. The van der Waals surface area contributed by atoms with E-state index in [1.54, 1.807) is 6.08 Å². The molecule has 1 fully saturated rings. The first-order valence-corrected chi connectivity index (χ1v) is 7.22. The number of hydrogen-bond donors (Lipinski definition) is 2. The molecule has 15 heavy (non-hydrogen) atoms. The van der Waals surface area contributed by atoms with Crippen molar-refractivity contribution in [1.82, 2.24) is 4.90 Å². The molecular formula is C10H20NO3P. The Morgan fingerprint density at radius 1 is 1.33 bits per heavy atom. The van der Waals surface area contributed by atoms with Crippen LogP contribution >= 0.6 is 7.60 Å². The first-order chi connectivity index (χ1) is 7.03. The molecule has 0 aromatic heterocycles. The van der Waals surface area contributed by atoms with Crippen molar-refractivity contribution in [2.24, 2.45) is 0 Å². The summed E-state index contributed by atoms with van der Waals surface area (Å²) in [4.78, 5) is 19.8. The zero-order valence-corrected chi connectivity index (χ0v) is 9.90. The molecule has 1 aliphatic rings.